The fourth-order valence-electron chi connectivity index (χ4n) is 1.66. The summed E-state index contributed by atoms with van der Waals surface area (Å²) in [4.78, 5) is 6.80. The lowest BCUT2D eigenvalue weighted by Gasteiger charge is -2.23. The van der Waals surface area contributed by atoms with E-state index in [1.165, 1.54) is 32.4 Å². The molecule has 1 saturated heterocycles. The van der Waals surface area contributed by atoms with Crippen molar-refractivity contribution in [3.05, 3.63) is 0 Å². The van der Waals surface area contributed by atoms with Crippen molar-refractivity contribution in [2.45, 2.75) is 19.3 Å². The van der Waals surface area contributed by atoms with Gasteiger partial charge >= 0.3 is 0 Å². The molecule has 0 radical (unpaired) electrons. The zero-order valence-corrected chi connectivity index (χ0v) is 6.84. The van der Waals surface area contributed by atoms with Gasteiger partial charge in [0.25, 0.3) is 0 Å². The number of aliphatic imine (C=N–C) groups is 1. The van der Waals surface area contributed by atoms with Gasteiger partial charge in [0, 0.05) is 26.2 Å². The molecule has 0 aliphatic carbocycles. The van der Waals surface area contributed by atoms with E-state index in [1.807, 2.05) is 0 Å². The number of hydrogen-bond donors (Lipinski definition) is 1. The van der Waals surface area contributed by atoms with Crippen LogP contribution in [0.3, 0.4) is 0 Å². The first kappa shape index (κ1) is 6.95. The summed E-state index contributed by atoms with van der Waals surface area (Å²) < 4.78 is 0. The highest BCUT2D eigenvalue weighted by Crippen LogP contribution is 2.08. The van der Waals surface area contributed by atoms with Crippen LogP contribution in [0.1, 0.15) is 19.3 Å². The Morgan fingerprint density at radius 2 is 2.00 bits per heavy atom. The van der Waals surface area contributed by atoms with Gasteiger partial charge in [-0.05, 0) is 19.3 Å². The van der Waals surface area contributed by atoms with E-state index in [0.29, 0.717) is 0 Å². The van der Waals surface area contributed by atoms with E-state index >= 15 is 0 Å². The lowest BCUT2D eigenvalue weighted by Crippen LogP contribution is -2.42. The van der Waals surface area contributed by atoms with E-state index in [0.717, 1.165) is 19.0 Å². The maximum absolute atomic E-state index is 4.44. The third-order valence-corrected chi connectivity index (χ3v) is 2.29. The molecule has 0 aromatic heterocycles. The molecule has 0 aromatic rings. The summed E-state index contributed by atoms with van der Waals surface area (Å²) in [5.74, 6) is 1.15. The SMILES string of the molecule is C1CN=C(N2CCCC2)NC1. The van der Waals surface area contributed by atoms with Crippen LogP contribution in [-0.2, 0) is 0 Å². The molecular weight excluding hydrogens is 138 g/mol. The Morgan fingerprint density at radius 1 is 1.18 bits per heavy atom. The zero-order chi connectivity index (χ0) is 7.52. The highest BCUT2D eigenvalue weighted by atomic mass is 15.3. The summed E-state index contributed by atoms with van der Waals surface area (Å²) in [5, 5.41) is 3.34. The van der Waals surface area contributed by atoms with Crippen molar-refractivity contribution in [1.82, 2.24) is 10.2 Å². The van der Waals surface area contributed by atoms with Gasteiger partial charge in [-0.2, -0.15) is 0 Å². The molecule has 0 saturated carbocycles. The average Bonchev–Trinajstić information content (AvgIpc) is 2.58. The highest BCUT2D eigenvalue weighted by molar-refractivity contribution is 5.80. The summed E-state index contributed by atoms with van der Waals surface area (Å²) in [6.45, 7) is 4.52. The summed E-state index contributed by atoms with van der Waals surface area (Å²) in [5.41, 5.74) is 0. The quantitative estimate of drug-likeness (QED) is 0.546. The van der Waals surface area contributed by atoms with Crippen LogP contribution in [0.2, 0.25) is 0 Å². The molecule has 11 heavy (non-hydrogen) atoms. The molecule has 2 heterocycles. The van der Waals surface area contributed by atoms with Gasteiger partial charge in [-0.1, -0.05) is 0 Å². The van der Waals surface area contributed by atoms with Crippen molar-refractivity contribution < 1.29 is 0 Å². The van der Waals surface area contributed by atoms with Gasteiger partial charge in [-0.25, -0.2) is 0 Å². The lowest BCUT2D eigenvalue weighted by atomic mass is 10.4. The molecule has 2 aliphatic rings. The minimum Gasteiger partial charge on any atom is -0.356 e. The number of nitrogens with zero attached hydrogens (tertiary/aromatic N) is 2. The second-order valence-corrected chi connectivity index (χ2v) is 3.18. The van der Waals surface area contributed by atoms with Crippen LogP contribution in [0, 0.1) is 0 Å². The predicted molar refractivity (Wildman–Crippen MR) is 45.7 cm³/mol. The average molecular weight is 153 g/mol. The maximum atomic E-state index is 4.44. The Kier molecular flexibility index (Phi) is 1.97. The predicted octanol–water partition coefficient (Wildman–Crippen LogP) is 0.432. The molecule has 0 aromatic carbocycles. The van der Waals surface area contributed by atoms with E-state index in [1.54, 1.807) is 0 Å². The largest absolute Gasteiger partial charge is 0.356 e. The summed E-state index contributed by atoms with van der Waals surface area (Å²) in [7, 11) is 0. The lowest BCUT2D eigenvalue weighted by molar-refractivity contribution is 0.481. The minimum atomic E-state index is 1.01. The number of rotatable bonds is 0. The van der Waals surface area contributed by atoms with Crippen molar-refractivity contribution in [2.75, 3.05) is 26.2 Å². The molecule has 0 amide bonds. The Bertz CT molecular complexity index is 159. The van der Waals surface area contributed by atoms with Gasteiger partial charge in [-0.3, -0.25) is 4.99 Å². The molecule has 1 N–H and O–H groups in total. The minimum absolute atomic E-state index is 1.01. The topological polar surface area (TPSA) is 27.6 Å². The molecule has 62 valence electrons. The Balaban J connectivity index is 1.96. The Labute approximate surface area is 67.5 Å². The van der Waals surface area contributed by atoms with Gasteiger partial charge in [0.15, 0.2) is 5.96 Å². The standard InChI is InChI=1S/C8H15N3/c1-2-7-11(6-1)8-9-4-3-5-10-8/h1-7H2,(H,9,10). The van der Waals surface area contributed by atoms with Crippen LogP contribution < -0.4 is 5.32 Å². The zero-order valence-electron chi connectivity index (χ0n) is 6.84. The monoisotopic (exact) mass is 153 g/mol. The van der Waals surface area contributed by atoms with E-state index in [9.17, 15) is 0 Å². The third kappa shape index (κ3) is 1.47. The second-order valence-electron chi connectivity index (χ2n) is 3.18. The molecule has 0 unspecified atom stereocenters. The van der Waals surface area contributed by atoms with Crippen molar-refractivity contribution in [1.29, 1.82) is 0 Å². The van der Waals surface area contributed by atoms with Crippen molar-refractivity contribution in [3.63, 3.8) is 0 Å². The summed E-state index contributed by atoms with van der Waals surface area (Å²) in [6.07, 6.45) is 3.86. The van der Waals surface area contributed by atoms with Gasteiger partial charge in [0.1, 0.15) is 0 Å². The van der Waals surface area contributed by atoms with Crippen molar-refractivity contribution in [2.24, 2.45) is 4.99 Å². The second kappa shape index (κ2) is 3.11. The smallest absolute Gasteiger partial charge is 0.193 e. The van der Waals surface area contributed by atoms with Gasteiger partial charge < -0.3 is 10.2 Å². The maximum Gasteiger partial charge on any atom is 0.193 e. The molecule has 3 heteroatoms. The van der Waals surface area contributed by atoms with Gasteiger partial charge in [0.2, 0.25) is 0 Å². The van der Waals surface area contributed by atoms with Crippen LogP contribution >= 0.6 is 0 Å². The van der Waals surface area contributed by atoms with Crippen molar-refractivity contribution in [3.8, 4) is 0 Å². The molecule has 2 rings (SSSR count). The first-order valence-corrected chi connectivity index (χ1v) is 4.50. The van der Waals surface area contributed by atoms with E-state index in [2.05, 4.69) is 15.2 Å². The van der Waals surface area contributed by atoms with Crippen LogP contribution in [-0.4, -0.2) is 37.0 Å². The van der Waals surface area contributed by atoms with E-state index in [-0.39, 0.29) is 0 Å². The Morgan fingerprint density at radius 3 is 2.64 bits per heavy atom. The number of likely N-dealkylation sites (tertiary alicyclic amines) is 1. The van der Waals surface area contributed by atoms with E-state index < -0.39 is 0 Å². The first-order chi connectivity index (χ1) is 5.47. The fraction of sp³-hybridized carbons (Fsp3) is 0.875. The number of hydrogen-bond acceptors (Lipinski definition) is 3. The van der Waals surface area contributed by atoms with Gasteiger partial charge in [0.05, 0.1) is 0 Å². The third-order valence-electron chi connectivity index (χ3n) is 2.29. The normalized spacial score (nSPS) is 24.7. The first-order valence-electron chi connectivity index (χ1n) is 4.50. The van der Waals surface area contributed by atoms with Crippen LogP contribution in [0.4, 0.5) is 0 Å². The van der Waals surface area contributed by atoms with Crippen LogP contribution in [0.5, 0.6) is 0 Å². The number of nitrogens with one attached hydrogen (secondary N) is 1. The van der Waals surface area contributed by atoms with Crippen LogP contribution in [0.15, 0.2) is 4.99 Å². The van der Waals surface area contributed by atoms with Crippen molar-refractivity contribution >= 4 is 5.96 Å². The summed E-state index contributed by atoms with van der Waals surface area (Å²) in [6, 6.07) is 0. The number of guanidine groups is 1. The molecule has 1 fully saturated rings. The van der Waals surface area contributed by atoms with E-state index in [4.69, 9.17) is 0 Å². The summed E-state index contributed by atoms with van der Waals surface area (Å²) >= 11 is 0. The molecule has 0 atom stereocenters. The highest BCUT2D eigenvalue weighted by Gasteiger charge is 2.16. The van der Waals surface area contributed by atoms with Crippen LogP contribution in [0.25, 0.3) is 0 Å². The molecular formula is C8H15N3. The molecule has 0 bridgehead atoms. The molecule has 0 spiro atoms. The fourth-order valence-corrected chi connectivity index (χ4v) is 1.66. The molecule has 2 aliphatic heterocycles. The van der Waals surface area contributed by atoms with Gasteiger partial charge in [-0.15, -0.1) is 0 Å². The molecule has 3 nitrogen and oxygen atoms in total. The Hall–Kier alpha value is -0.730.